The van der Waals surface area contributed by atoms with Gasteiger partial charge in [0, 0.05) is 43.9 Å². The summed E-state index contributed by atoms with van der Waals surface area (Å²) in [5, 5.41) is 3.51. The van der Waals surface area contributed by atoms with Gasteiger partial charge in [-0.2, -0.15) is 0 Å². The molecule has 31 heavy (non-hydrogen) atoms. The molecule has 1 aliphatic carbocycles. The molecule has 1 saturated carbocycles. The third-order valence-corrected chi connectivity index (χ3v) is 6.71. The number of nitrogens with one attached hydrogen (secondary N) is 1. The number of piperazine rings is 1. The second-order valence-corrected chi connectivity index (χ2v) is 8.65. The second-order valence-electron chi connectivity index (χ2n) is 8.65. The summed E-state index contributed by atoms with van der Waals surface area (Å²) in [6.45, 7) is 4.75. The highest BCUT2D eigenvalue weighted by Crippen LogP contribution is 2.45. The maximum absolute atomic E-state index is 6.45. The molecule has 2 aromatic carbocycles. The van der Waals surface area contributed by atoms with Gasteiger partial charge in [-0.15, -0.1) is 0 Å². The molecule has 2 aliphatic rings. The van der Waals surface area contributed by atoms with Crippen LogP contribution in [0.25, 0.3) is 0 Å². The summed E-state index contributed by atoms with van der Waals surface area (Å²) in [5.74, 6) is 3.05. The van der Waals surface area contributed by atoms with E-state index in [1.54, 1.807) is 14.2 Å². The lowest BCUT2D eigenvalue weighted by Gasteiger charge is -2.41. The van der Waals surface area contributed by atoms with E-state index in [1.807, 2.05) is 12.1 Å². The molecule has 1 heterocycles. The van der Waals surface area contributed by atoms with E-state index in [1.165, 1.54) is 43.2 Å². The smallest absolute Gasteiger partial charge is 0.164 e. The zero-order valence-electron chi connectivity index (χ0n) is 18.9. The number of hydrogen-bond acceptors (Lipinski definition) is 5. The summed E-state index contributed by atoms with van der Waals surface area (Å²) >= 11 is 0. The molecule has 1 atom stereocenters. The molecular weight excluding hydrogens is 388 g/mol. The minimum absolute atomic E-state index is 0.341. The van der Waals surface area contributed by atoms with Gasteiger partial charge in [-0.3, -0.25) is 4.90 Å². The maximum atomic E-state index is 6.45. The van der Waals surface area contributed by atoms with Crippen molar-refractivity contribution in [3.8, 4) is 17.2 Å². The van der Waals surface area contributed by atoms with E-state index in [0.29, 0.717) is 18.6 Å². The van der Waals surface area contributed by atoms with Crippen molar-refractivity contribution in [1.29, 1.82) is 0 Å². The van der Waals surface area contributed by atoms with Crippen molar-refractivity contribution in [2.24, 2.45) is 5.92 Å². The van der Waals surface area contributed by atoms with E-state index in [0.717, 1.165) is 43.4 Å². The van der Waals surface area contributed by atoms with Crippen molar-refractivity contribution >= 4 is 0 Å². The summed E-state index contributed by atoms with van der Waals surface area (Å²) in [7, 11) is 3.40. The highest BCUT2D eigenvalue weighted by atomic mass is 16.5. The Hall–Kier alpha value is -2.24. The van der Waals surface area contributed by atoms with Crippen LogP contribution in [0.3, 0.4) is 0 Å². The fraction of sp³-hybridized carbons (Fsp3) is 0.538. The molecule has 0 unspecified atom stereocenters. The van der Waals surface area contributed by atoms with Crippen LogP contribution in [0.4, 0.5) is 0 Å². The van der Waals surface area contributed by atoms with Crippen molar-refractivity contribution in [1.82, 2.24) is 10.2 Å². The SMILES string of the molecule is COc1cc(OCc2ccccc2)c([C@H](C2CCCCC2)N2CCNCC2)cc1OC. The Morgan fingerprint density at radius 3 is 2.26 bits per heavy atom. The fourth-order valence-electron chi connectivity index (χ4n) is 5.13. The first-order valence-electron chi connectivity index (χ1n) is 11.7. The average molecular weight is 425 g/mol. The summed E-state index contributed by atoms with van der Waals surface area (Å²) in [4.78, 5) is 2.66. The number of rotatable bonds is 8. The second kappa shape index (κ2) is 10.9. The summed E-state index contributed by atoms with van der Waals surface area (Å²) in [5.41, 5.74) is 2.40. The standard InChI is InChI=1S/C26H36N2O3/c1-29-24-17-22(23(18-25(24)30-2)31-19-20-9-5-3-6-10-20)26(21-11-7-4-8-12-21)28-15-13-27-14-16-28/h3,5-6,9-10,17-18,21,26-27H,4,7-8,11-16,19H2,1-2H3/t26-/m0/s1. The molecule has 0 aromatic heterocycles. The highest BCUT2D eigenvalue weighted by molar-refractivity contribution is 5.52. The highest BCUT2D eigenvalue weighted by Gasteiger charge is 2.34. The van der Waals surface area contributed by atoms with E-state index in [2.05, 4.69) is 40.5 Å². The lowest BCUT2D eigenvalue weighted by molar-refractivity contribution is 0.0998. The van der Waals surface area contributed by atoms with Crippen LogP contribution < -0.4 is 19.5 Å². The van der Waals surface area contributed by atoms with Gasteiger partial charge in [0.2, 0.25) is 0 Å². The molecule has 5 nitrogen and oxygen atoms in total. The van der Waals surface area contributed by atoms with Gasteiger partial charge < -0.3 is 19.5 Å². The molecule has 2 aromatic rings. The van der Waals surface area contributed by atoms with Gasteiger partial charge in [-0.1, -0.05) is 49.6 Å². The molecule has 4 rings (SSSR count). The molecule has 1 N–H and O–H groups in total. The largest absolute Gasteiger partial charge is 0.493 e. The molecule has 168 valence electrons. The number of hydrogen-bond donors (Lipinski definition) is 1. The van der Waals surface area contributed by atoms with Gasteiger partial charge >= 0.3 is 0 Å². The topological polar surface area (TPSA) is 43.0 Å². The van der Waals surface area contributed by atoms with Crippen LogP contribution in [-0.4, -0.2) is 45.3 Å². The Morgan fingerprint density at radius 2 is 1.58 bits per heavy atom. The summed E-state index contributed by atoms with van der Waals surface area (Å²) < 4.78 is 17.8. The molecular formula is C26H36N2O3. The molecule has 0 spiro atoms. The van der Waals surface area contributed by atoms with Crippen LogP contribution in [0.2, 0.25) is 0 Å². The minimum Gasteiger partial charge on any atom is -0.493 e. The Bertz CT molecular complexity index is 797. The van der Waals surface area contributed by atoms with Gasteiger partial charge in [0.25, 0.3) is 0 Å². The number of nitrogens with zero attached hydrogens (tertiary/aromatic N) is 1. The van der Waals surface area contributed by atoms with Crippen LogP contribution in [0, 0.1) is 5.92 Å². The average Bonchev–Trinajstić information content (AvgIpc) is 2.85. The Balaban J connectivity index is 1.71. The van der Waals surface area contributed by atoms with E-state index in [9.17, 15) is 0 Å². The lowest BCUT2D eigenvalue weighted by Crippen LogP contribution is -2.47. The molecule has 5 heteroatoms. The summed E-state index contributed by atoms with van der Waals surface area (Å²) in [6, 6.07) is 14.9. The van der Waals surface area contributed by atoms with Crippen LogP contribution in [0.5, 0.6) is 17.2 Å². The van der Waals surface area contributed by atoms with Crippen LogP contribution in [0.1, 0.15) is 49.3 Å². The van der Waals surface area contributed by atoms with Crippen molar-refractivity contribution in [3.63, 3.8) is 0 Å². The van der Waals surface area contributed by atoms with Crippen LogP contribution in [-0.2, 0) is 6.61 Å². The Morgan fingerprint density at radius 1 is 0.903 bits per heavy atom. The number of benzene rings is 2. The molecule has 0 bridgehead atoms. The molecule has 0 amide bonds. The van der Waals surface area contributed by atoms with E-state index >= 15 is 0 Å². The van der Waals surface area contributed by atoms with Crippen LogP contribution in [0.15, 0.2) is 42.5 Å². The number of methoxy groups -OCH3 is 2. The first kappa shape index (κ1) is 22.0. The number of ether oxygens (including phenoxy) is 3. The minimum atomic E-state index is 0.341. The first-order chi connectivity index (χ1) is 15.3. The third kappa shape index (κ3) is 5.34. The van der Waals surface area contributed by atoms with Crippen molar-refractivity contribution in [3.05, 3.63) is 53.6 Å². The normalized spacial score (nSPS) is 19.0. The molecule has 0 radical (unpaired) electrons. The molecule has 2 fully saturated rings. The quantitative estimate of drug-likeness (QED) is 0.659. The Kier molecular flexibility index (Phi) is 7.71. The fourth-order valence-corrected chi connectivity index (χ4v) is 5.13. The van der Waals surface area contributed by atoms with E-state index < -0.39 is 0 Å². The Labute approximate surface area is 186 Å². The molecule has 1 aliphatic heterocycles. The van der Waals surface area contributed by atoms with Crippen molar-refractivity contribution in [2.45, 2.75) is 44.8 Å². The monoisotopic (exact) mass is 424 g/mol. The van der Waals surface area contributed by atoms with Gasteiger partial charge in [-0.25, -0.2) is 0 Å². The van der Waals surface area contributed by atoms with E-state index in [4.69, 9.17) is 14.2 Å². The van der Waals surface area contributed by atoms with Gasteiger partial charge in [0.15, 0.2) is 11.5 Å². The predicted octanol–water partition coefficient (Wildman–Crippen LogP) is 4.81. The van der Waals surface area contributed by atoms with Crippen molar-refractivity contribution in [2.75, 3.05) is 40.4 Å². The van der Waals surface area contributed by atoms with E-state index in [-0.39, 0.29) is 0 Å². The van der Waals surface area contributed by atoms with Gasteiger partial charge in [0.1, 0.15) is 12.4 Å². The van der Waals surface area contributed by atoms with Gasteiger partial charge in [-0.05, 0) is 30.4 Å². The lowest BCUT2D eigenvalue weighted by atomic mass is 9.79. The predicted molar refractivity (Wildman–Crippen MR) is 124 cm³/mol. The molecule has 1 saturated heterocycles. The maximum Gasteiger partial charge on any atom is 0.164 e. The van der Waals surface area contributed by atoms with Crippen molar-refractivity contribution < 1.29 is 14.2 Å². The summed E-state index contributed by atoms with van der Waals surface area (Å²) in [6.07, 6.45) is 6.55. The van der Waals surface area contributed by atoms with Crippen LogP contribution >= 0.6 is 0 Å². The van der Waals surface area contributed by atoms with Gasteiger partial charge in [0.05, 0.1) is 14.2 Å². The zero-order valence-corrected chi connectivity index (χ0v) is 18.9. The first-order valence-corrected chi connectivity index (χ1v) is 11.7. The third-order valence-electron chi connectivity index (χ3n) is 6.71. The zero-order chi connectivity index (χ0) is 21.5.